The zero-order chi connectivity index (χ0) is 17.7. The van der Waals surface area contributed by atoms with Gasteiger partial charge >= 0.3 is 0 Å². The molecule has 3 nitrogen and oxygen atoms in total. The van der Waals surface area contributed by atoms with Gasteiger partial charge in [0.2, 0.25) is 0 Å². The summed E-state index contributed by atoms with van der Waals surface area (Å²) in [5, 5.41) is 4.21. The topological polar surface area (TPSA) is 28.2 Å². The molecule has 0 radical (unpaired) electrons. The van der Waals surface area contributed by atoms with Crippen molar-refractivity contribution in [3.8, 4) is 0 Å². The van der Waals surface area contributed by atoms with Crippen LogP contribution < -0.4 is 5.32 Å². The SMILES string of the molecule is CNc1nc2cc3c(cc2s1)C[C@@H]1[C@@H]2CCCC[C@]32CCN1CCCF.Cl.Cl. The van der Waals surface area contributed by atoms with Crippen molar-refractivity contribution in [2.45, 2.75) is 56.4 Å². The number of benzene rings is 1. The average Bonchev–Trinajstić information content (AvgIpc) is 3.08. The molecule has 1 aromatic heterocycles. The molecule has 0 spiro atoms. The Morgan fingerprint density at radius 3 is 2.93 bits per heavy atom. The molecule has 156 valence electrons. The number of likely N-dealkylation sites (tertiary alicyclic amines) is 1. The minimum Gasteiger partial charge on any atom is -0.365 e. The molecular weight excluding hydrogens is 416 g/mol. The summed E-state index contributed by atoms with van der Waals surface area (Å²) in [5.41, 5.74) is 4.65. The number of hydrogen-bond acceptors (Lipinski definition) is 4. The summed E-state index contributed by atoms with van der Waals surface area (Å²) in [6.45, 7) is 1.87. The van der Waals surface area contributed by atoms with Crippen molar-refractivity contribution >= 4 is 51.5 Å². The molecular formula is C21H30Cl2FN3S. The van der Waals surface area contributed by atoms with Crippen LogP contribution in [0.15, 0.2) is 12.1 Å². The first-order chi connectivity index (χ1) is 12.7. The second-order valence-corrected chi connectivity index (χ2v) is 9.39. The summed E-state index contributed by atoms with van der Waals surface area (Å²) in [6, 6.07) is 5.45. The Kier molecular flexibility index (Phi) is 6.80. The molecule has 1 saturated heterocycles. The van der Waals surface area contributed by atoms with Gasteiger partial charge in [-0.15, -0.1) is 24.8 Å². The monoisotopic (exact) mass is 445 g/mol. The zero-order valence-electron chi connectivity index (χ0n) is 16.4. The van der Waals surface area contributed by atoms with E-state index < -0.39 is 0 Å². The third-order valence-corrected chi connectivity index (χ3v) is 8.28. The van der Waals surface area contributed by atoms with E-state index >= 15 is 0 Å². The molecule has 2 aromatic rings. The number of nitrogens with zero attached hydrogens (tertiary/aromatic N) is 2. The molecule has 2 bridgehead atoms. The number of thiazole rings is 1. The van der Waals surface area contributed by atoms with Crippen LogP contribution in [0.4, 0.5) is 9.52 Å². The van der Waals surface area contributed by atoms with E-state index in [1.807, 2.05) is 7.05 Å². The number of anilines is 1. The van der Waals surface area contributed by atoms with Crippen molar-refractivity contribution in [1.29, 1.82) is 0 Å². The molecule has 1 aliphatic heterocycles. The summed E-state index contributed by atoms with van der Waals surface area (Å²) in [5.74, 6) is 0.747. The average molecular weight is 446 g/mol. The molecule has 3 atom stereocenters. The highest BCUT2D eigenvalue weighted by Crippen LogP contribution is 2.56. The van der Waals surface area contributed by atoms with Gasteiger partial charge in [0.05, 0.1) is 16.9 Å². The van der Waals surface area contributed by atoms with Crippen molar-refractivity contribution in [2.24, 2.45) is 5.92 Å². The van der Waals surface area contributed by atoms with Gasteiger partial charge in [-0.2, -0.15) is 0 Å². The van der Waals surface area contributed by atoms with Crippen LogP contribution in [0.2, 0.25) is 0 Å². The van der Waals surface area contributed by atoms with Crippen LogP contribution in [0.25, 0.3) is 10.2 Å². The van der Waals surface area contributed by atoms with E-state index in [0.717, 1.165) is 36.1 Å². The molecule has 1 saturated carbocycles. The van der Waals surface area contributed by atoms with Gasteiger partial charge in [0.25, 0.3) is 0 Å². The predicted molar refractivity (Wildman–Crippen MR) is 122 cm³/mol. The highest BCUT2D eigenvalue weighted by molar-refractivity contribution is 7.22. The molecule has 1 N–H and O–H groups in total. The van der Waals surface area contributed by atoms with Crippen LogP contribution in [0.5, 0.6) is 0 Å². The predicted octanol–water partition coefficient (Wildman–Crippen LogP) is 5.60. The molecule has 0 unspecified atom stereocenters. The molecule has 1 aromatic carbocycles. The Morgan fingerprint density at radius 1 is 1.29 bits per heavy atom. The normalized spacial score (nSPS) is 28.6. The number of rotatable bonds is 4. The van der Waals surface area contributed by atoms with Crippen LogP contribution >= 0.6 is 36.2 Å². The van der Waals surface area contributed by atoms with Gasteiger partial charge in [-0.1, -0.05) is 24.2 Å². The number of nitrogens with one attached hydrogen (secondary N) is 1. The largest absolute Gasteiger partial charge is 0.365 e. The summed E-state index contributed by atoms with van der Waals surface area (Å²) >= 11 is 1.75. The standard InChI is InChI=1S/C21H28FN3S.2ClH/c1-23-20-24-17-13-16-14(12-19(17)26-20)11-18-15-5-2-3-6-21(15,16)7-10-25(18)9-4-8-22;;/h12-13,15,18H,2-11H2,1H3,(H,23,24);2*1H/t15-,18+,21+;;/m0../s1. The van der Waals surface area contributed by atoms with E-state index in [2.05, 4.69) is 22.3 Å². The number of hydrogen-bond donors (Lipinski definition) is 1. The third kappa shape index (κ3) is 3.32. The number of fused-ring (bicyclic) bond motifs is 2. The fourth-order valence-electron chi connectivity index (χ4n) is 6.16. The maximum atomic E-state index is 12.8. The molecule has 2 heterocycles. The second kappa shape index (κ2) is 8.63. The van der Waals surface area contributed by atoms with E-state index in [-0.39, 0.29) is 31.5 Å². The van der Waals surface area contributed by atoms with Crippen LogP contribution in [-0.2, 0) is 11.8 Å². The molecule has 2 aliphatic carbocycles. The zero-order valence-corrected chi connectivity index (χ0v) is 18.8. The lowest BCUT2D eigenvalue weighted by Gasteiger charge is -2.59. The second-order valence-electron chi connectivity index (χ2n) is 8.35. The van der Waals surface area contributed by atoms with E-state index in [4.69, 9.17) is 4.98 Å². The quantitative estimate of drug-likeness (QED) is 0.663. The minimum atomic E-state index is -0.191. The molecule has 3 aliphatic rings. The fraction of sp³-hybridized carbons (Fsp3) is 0.667. The molecule has 5 rings (SSSR count). The van der Waals surface area contributed by atoms with Gasteiger partial charge in [0, 0.05) is 25.0 Å². The van der Waals surface area contributed by atoms with Gasteiger partial charge in [-0.3, -0.25) is 9.29 Å². The fourth-order valence-corrected chi connectivity index (χ4v) is 7.03. The Labute approximate surface area is 183 Å². The maximum absolute atomic E-state index is 12.8. The lowest BCUT2D eigenvalue weighted by atomic mass is 9.52. The number of piperidine rings is 1. The number of halogens is 3. The first-order valence-corrected chi connectivity index (χ1v) is 11.0. The van der Waals surface area contributed by atoms with Crippen LogP contribution in [0.1, 0.15) is 49.7 Å². The van der Waals surface area contributed by atoms with E-state index in [1.165, 1.54) is 42.4 Å². The van der Waals surface area contributed by atoms with Gasteiger partial charge in [0.15, 0.2) is 5.13 Å². The van der Waals surface area contributed by atoms with Gasteiger partial charge < -0.3 is 5.32 Å². The lowest BCUT2D eigenvalue weighted by Crippen LogP contribution is -2.61. The molecule has 2 fully saturated rings. The summed E-state index contributed by atoms with van der Waals surface area (Å²) in [7, 11) is 1.95. The summed E-state index contributed by atoms with van der Waals surface area (Å²) in [6.07, 6.45) is 8.43. The Balaban J connectivity index is 0.00000112. The third-order valence-electron chi connectivity index (χ3n) is 7.25. The highest BCUT2D eigenvalue weighted by atomic mass is 35.5. The summed E-state index contributed by atoms with van der Waals surface area (Å²) in [4.78, 5) is 7.41. The van der Waals surface area contributed by atoms with Crippen molar-refractivity contribution in [3.05, 3.63) is 23.3 Å². The molecule has 0 amide bonds. The first kappa shape index (κ1) is 22.1. The van der Waals surface area contributed by atoms with E-state index in [9.17, 15) is 4.39 Å². The smallest absolute Gasteiger partial charge is 0.183 e. The first-order valence-electron chi connectivity index (χ1n) is 10.2. The Bertz CT molecular complexity index is 829. The van der Waals surface area contributed by atoms with Gasteiger partial charge in [-0.05, 0) is 67.8 Å². The van der Waals surface area contributed by atoms with Gasteiger partial charge in [0.1, 0.15) is 0 Å². The van der Waals surface area contributed by atoms with Crippen LogP contribution in [0.3, 0.4) is 0 Å². The van der Waals surface area contributed by atoms with Crippen molar-refractivity contribution in [1.82, 2.24) is 9.88 Å². The van der Waals surface area contributed by atoms with E-state index in [0.29, 0.717) is 17.9 Å². The van der Waals surface area contributed by atoms with Crippen molar-refractivity contribution < 1.29 is 4.39 Å². The minimum absolute atomic E-state index is 0. The van der Waals surface area contributed by atoms with Crippen LogP contribution in [-0.4, -0.2) is 42.7 Å². The maximum Gasteiger partial charge on any atom is 0.183 e. The number of alkyl halides is 1. The Hall–Kier alpha value is -0.620. The van der Waals surface area contributed by atoms with Crippen molar-refractivity contribution in [2.75, 3.05) is 32.1 Å². The Morgan fingerprint density at radius 2 is 2.14 bits per heavy atom. The summed E-state index contributed by atoms with van der Waals surface area (Å²) < 4.78 is 14.1. The van der Waals surface area contributed by atoms with Gasteiger partial charge in [-0.25, -0.2) is 4.98 Å². The van der Waals surface area contributed by atoms with Crippen molar-refractivity contribution in [3.63, 3.8) is 0 Å². The van der Waals surface area contributed by atoms with Crippen LogP contribution in [0, 0.1) is 5.92 Å². The molecule has 28 heavy (non-hydrogen) atoms. The highest BCUT2D eigenvalue weighted by Gasteiger charge is 2.53. The lowest BCUT2D eigenvalue weighted by molar-refractivity contribution is -0.0121. The van der Waals surface area contributed by atoms with E-state index in [1.54, 1.807) is 16.9 Å². The number of aromatic nitrogens is 1. The molecule has 7 heteroatoms.